The molecule has 0 aromatic carbocycles. The van der Waals surface area contributed by atoms with Crippen molar-refractivity contribution in [2.75, 3.05) is 0 Å². The Labute approximate surface area is 234 Å². The van der Waals surface area contributed by atoms with Crippen LogP contribution in [-0.2, 0) is 8.85 Å². The molecule has 2 aliphatic rings. The highest BCUT2D eigenvalue weighted by Crippen LogP contribution is 2.51. The molecule has 2 aliphatic carbocycles. The van der Waals surface area contributed by atoms with Crippen LogP contribution in [0, 0.1) is 17.8 Å². The standard InChI is InChI=1S/C33H62O2Si2/c1-13-15-17-19-26-23-27-25-31(35-37(11,12)33(6,7)8)29(30(27)24-26)22-21-28(20-18-16-14-2)34-36(9,10)32(3,4)5/h13,21-23,27-31H,1,14-20,24-25H2,2-12H3/t27-,28+,29+,30-,31-/m1/s1. The first-order chi connectivity index (χ1) is 17.0. The van der Waals surface area contributed by atoms with E-state index in [1.807, 2.05) is 0 Å². The van der Waals surface area contributed by atoms with Gasteiger partial charge in [0.15, 0.2) is 16.6 Å². The van der Waals surface area contributed by atoms with Gasteiger partial charge in [-0.1, -0.05) is 97.6 Å². The third-order valence-corrected chi connectivity index (χ3v) is 19.0. The normalized spacial score (nSPS) is 26.0. The highest BCUT2D eigenvalue weighted by atomic mass is 28.4. The molecule has 0 aliphatic heterocycles. The first-order valence-electron chi connectivity index (χ1n) is 15.4. The van der Waals surface area contributed by atoms with Crippen LogP contribution >= 0.6 is 0 Å². The van der Waals surface area contributed by atoms with Crippen molar-refractivity contribution >= 4 is 16.6 Å². The minimum absolute atomic E-state index is 0.224. The molecule has 0 unspecified atom stereocenters. The van der Waals surface area contributed by atoms with Crippen LogP contribution in [0.4, 0.5) is 0 Å². The fourth-order valence-corrected chi connectivity index (χ4v) is 8.19. The van der Waals surface area contributed by atoms with Gasteiger partial charge in [-0.3, -0.25) is 0 Å². The van der Waals surface area contributed by atoms with Gasteiger partial charge in [0.25, 0.3) is 0 Å². The molecule has 1 saturated carbocycles. The molecule has 0 amide bonds. The van der Waals surface area contributed by atoms with Gasteiger partial charge >= 0.3 is 0 Å². The molecule has 0 saturated heterocycles. The van der Waals surface area contributed by atoms with Crippen molar-refractivity contribution in [3.63, 3.8) is 0 Å². The quantitative estimate of drug-likeness (QED) is 0.122. The van der Waals surface area contributed by atoms with Gasteiger partial charge in [-0.05, 0) is 86.6 Å². The molecule has 0 radical (unpaired) electrons. The minimum atomic E-state index is -1.84. The summed E-state index contributed by atoms with van der Waals surface area (Å²) in [6.07, 6.45) is 21.2. The van der Waals surface area contributed by atoms with Crippen molar-refractivity contribution in [3.8, 4) is 0 Å². The van der Waals surface area contributed by atoms with Crippen molar-refractivity contribution in [2.45, 2.75) is 155 Å². The van der Waals surface area contributed by atoms with E-state index in [9.17, 15) is 0 Å². The summed E-state index contributed by atoms with van der Waals surface area (Å²) in [5.41, 5.74) is 1.68. The molecule has 37 heavy (non-hydrogen) atoms. The van der Waals surface area contributed by atoms with Crippen molar-refractivity contribution in [3.05, 3.63) is 36.5 Å². The molecular weight excluding hydrogens is 485 g/mol. The Hall–Kier alpha value is -0.426. The summed E-state index contributed by atoms with van der Waals surface area (Å²) in [5.74, 6) is 1.85. The minimum Gasteiger partial charge on any atom is -0.413 e. The van der Waals surface area contributed by atoms with E-state index in [2.05, 4.69) is 106 Å². The molecule has 0 aromatic heterocycles. The topological polar surface area (TPSA) is 18.5 Å². The van der Waals surface area contributed by atoms with Gasteiger partial charge in [-0.25, -0.2) is 0 Å². The van der Waals surface area contributed by atoms with Crippen molar-refractivity contribution in [1.82, 2.24) is 0 Å². The Kier molecular flexibility index (Phi) is 11.8. The molecular formula is C33H62O2Si2. The number of fused-ring (bicyclic) bond motifs is 1. The lowest BCUT2D eigenvalue weighted by atomic mass is 9.88. The van der Waals surface area contributed by atoms with E-state index in [1.165, 1.54) is 44.9 Å². The van der Waals surface area contributed by atoms with Gasteiger partial charge in [-0.2, -0.15) is 0 Å². The van der Waals surface area contributed by atoms with Crippen LogP contribution in [0.15, 0.2) is 36.5 Å². The van der Waals surface area contributed by atoms with E-state index >= 15 is 0 Å². The molecule has 1 fully saturated rings. The van der Waals surface area contributed by atoms with Crippen LogP contribution in [0.2, 0.25) is 36.3 Å². The smallest absolute Gasteiger partial charge is 0.192 e. The second-order valence-corrected chi connectivity index (χ2v) is 24.6. The Bertz CT molecular complexity index is 781. The number of rotatable bonds is 14. The van der Waals surface area contributed by atoms with E-state index in [4.69, 9.17) is 8.85 Å². The van der Waals surface area contributed by atoms with E-state index < -0.39 is 16.6 Å². The maximum absolute atomic E-state index is 7.14. The van der Waals surface area contributed by atoms with Gasteiger partial charge < -0.3 is 8.85 Å². The van der Waals surface area contributed by atoms with Gasteiger partial charge in [-0.15, -0.1) is 6.58 Å². The van der Waals surface area contributed by atoms with Crippen LogP contribution in [0.5, 0.6) is 0 Å². The molecule has 0 spiro atoms. The third-order valence-electron chi connectivity index (χ3n) is 9.98. The lowest BCUT2D eigenvalue weighted by molar-refractivity contribution is 0.147. The molecule has 4 heteroatoms. The first kappa shape index (κ1) is 32.8. The zero-order valence-corrected chi connectivity index (χ0v) is 28.6. The molecule has 2 nitrogen and oxygen atoms in total. The van der Waals surface area contributed by atoms with Crippen LogP contribution in [0.3, 0.4) is 0 Å². The van der Waals surface area contributed by atoms with Gasteiger partial charge in [0, 0.05) is 5.92 Å². The fourth-order valence-electron chi connectivity index (χ4n) is 5.52. The molecule has 2 rings (SSSR count). The second kappa shape index (κ2) is 13.3. The summed E-state index contributed by atoms with van der Waals surface area (Å²) in [5, 5.41) is 0.463. The zero-order chi connectivity index (χ0) is 28.1. The average Bonchev–Trinajstić information content (AvgIpc) is 3.27. The van der Waals surface area contributed by atoms with Crippen LogP contribution in [0.1, 0.15) is 106 Å². The third kappa shape index (κ3) is 9.05. The molecule has 214 valence electrons. The van der Waals surface area contributed by atoms with Crippen LogP contribution in [-0.4, -0.2) is 28.8 Å². The Morgan fingerprint density at radius 1 is 1.00 bits per heavy atom. The Morgan fingerprint density at radius 2 is 1.65 bits per heavy atom. The lowest BCUT2D eigenvalue weighted by Crippen LogP contribution is -2.45. The van der Waals surface area contributed by atoms with E-state index in [0.717, 1.165) is 12.8 Å². The van der Waals surface area contributed by atoms with E-state index in [-0.39, 0.29) is 16.2 Å². The number of allylic oxidation sites excluding steroid dienone is 3. The summed E-state index contributed by atoms with van der Waals surface area (Å²) in [6.45, 7) is 30.0. The fraction of sp³-hybridized carbons (Fsp3) is 0.818. The molecule has 0 bridgehead atoms. The summed E-state index contributed by atoms with van der Waals surface area (Å²) in [7, 11) is -3.67. The average molecular weight is 547 g/mol. The molecule has 0 aromatic rings. The largest absolute Gasteiger partial charge is 0.413 e. The first-order valence-corrected chi connectivity index (χ1v) is 21.2. The Morgan fingerprint density at radius 3 is 2.22 bits per heavy atom. The Balaban J connectivity index is 2.28. The predicted octanol–water partition coefficient (Wildman–Crippen LogP) is 10.8. The number of unbranched alkanes of at least 4 members (excludes halogenated alkanes) is 3. The zero-order valence-electron chi connectivity index (χ0n) is 26.6. The summed E-state index contributed by atoms with van der Waals surface area (Å²) >= 11 is 0. The van der Waals surface area contributed by atoms with Crippen LogP contribution < -0.4 is 0 Å². The van der Waals surface area contributed by atoms with Crippen molar-refractivity contribution in [2.24, 2.45) is 17.8 Å². The van der Waals surface area contributed by atoms with Gasteiger partial charge in [0.05, 0.1) is 12.2 Å². The molecule has 5 atom stereocenters. The van der Waals surface area contributed by atoms with Crippen molar-refractivity contribution in [1.29, 1.82) is 0 Å². The SMILES string of the molecule is C=CCCCC1=C[C@@H]2C[C@@H](O[Si](C)(C)C(C)(C)C)[C@@H](C=C[C@H](CCCCC)O[Si](C)(C)C(C)(C)C)[C@@H]2C1. The summed E-state index contributed by atoms with van der Waals surface area (Å²) in [4.78, 5) is 0. The predicted molar refractivity (Wildman–Crippen MR) is 169 cm³/mol. The van der Waals surface area contributed by atoms with Crippen LogP contribution in [0.25, 0.3) is 0 Å². The maximum Gasteiger partial charge on any atom is 0.192 e. The van der Waals surface area contributed by atoms with E-state index in [0.29, 0.717) is 23.9 Å². The lowest BCUT2D eigenvalue weighted by Gasteiger charge is -2.40. The van der Waals surface area contributed by atoms with Gasteiger partial charge in [0.1, 0.15) is 0 Å². The number of hydrogen-bond acceptors (Lipinski definition) is 2. The highest BCUT2D eigenvalue weighted by Gasteiger charge is 2.48. The number of hydrogen-bond donors (Lipinski definition) is 0. The highest BCUT2D eigenvalue weighted by molar-refractivity contribution is 6.74. The molecule has 0 N–H and O–H groups in total. The molecule has 0 heterocycles. The van der Waals surface area contributed by atoms with Gasteiger partial charge in [0.2, 0.25) is 0 Å². The van der Waals surface area contributed by atoms with Crippen molar-refractivity contribution < 1.29 is 8.85 Å². The maximum atomic E-state index is 7.14. The summed E-state index contributed by atoms with van der Waals surface area (Å²) < 4.78 is 14.1. The summed E-state index contributed by atoms with van der Waals surface area (Å²) in [6, 6.07) is 0. The van der Waals surface area contributed by atoms with E-state index in [1.54, 1.807) is 5.57 Å². The second-order valence-electron chi connectivity index (χ2n) is 15.1. The monoisotopic (exact) mass is 546 g/mol.